The van der Waals surface area contributed by atoms with Crippen LogP contribution in [0.4, 0.5) is 0 Å². The standard InChI is InChI=1S/C15H25N3S/c1-14(7-8-16-10-14)13-9-17-12-18(13)11-15(19-2)5-3-4-6-15/h9,12,16H,3-8,10-11H2,1-2H3. The van der Waals surface area contributed by atoms with E-state index < -0.39 is 0 Å². The van der Waals surface area contributed by atoms with Crippen molar-refractivity contribution in [3.05, 3.63) is 18.2 Å². The van der Waals surface area contributed by atoms with E-state index in [0.717, 1.165) is 19.6 Å². The van der Waals surface area contributed by atoms with Crippen molar-refractivity contribution in [2.75, 3.05) is 19.3 Å². The lowest BCUT2D eigenvalue weighted by Gasteiger charge is -2.31. The summed E-state index contributed by atoms with van der Waals surface area (Å²) in [4.78, 5) is 4.45. The van der Waals surface area contributed by atoms with E-state index in [1.807, 2.05) is 0 Å². The van der Waals surface area contributed by atoms with Crippen molar-refractivity contribution in [2.45, 2.75) is 55.7 Å². The van der Waals surface area contributed by atoms with E-state index in [0.29, 0.717) is 4.75 Å². The van der Waals surface area contributed by atoms with Gasteiger partial charge in [-0.15, -0.1) is 0 Å². The molecule has 2 aliphatic rings. The Labute approximate surface area is 120 Å². The molecule has 4 heteroatoms. The molecule has 0 spiro atoms. The second-order valence-electron chi connectivity index (χ2n) is 6.49. The molecule has 19 heavy (non-hydrogen) atoms. The van der Waals surface area contributed by atoms with Crippen molar-refractivity contribution in [2.24, 2.45) is 0 Å². The van der Waals surface area contributed by atoms with Gasteiger partial charge in [-0.25, -0.2) is 4.98 Å². The van der Waals surface area contributed by atoms with Gasteiger partial charge >= 0.3 is 0 Å². The molecule has 1 aliphatic heterocycles. The highest BCUT2D eigenvalue weighted by Crippen LogP contribution is 2.42. The average Bonchev–Trinajstić information content (AvgIpc) is 3.11. The molecule has 0 aromatic carbocycles. The van der Waals surface area contributed by atoms with E-state index in [4.69, 9.17) is 0 Å². The van der Waals surface area contributed by atoms with Crippen LogP contribution in [-0.2, 0) is 12.0 Å². The van der Waals surface area contributed by atoms with Crippen LogP contribution in [0.15, 0.2) is 12.5 Å². The molecule has 1 aromatic rings. The Bertz CT molecular complexity index is 428. The van der Waals surface area contributed by atoms with Gasteiger partial charge in [0.2, 0.25) is 0 Å². The highest BCUT2D eigenvalue weighted by Gasteiger charge is 2.37. The number of thioether (sulfide) groups is 1. The predicted octanol–water partition coefficient (Wildman–Crippen LogP) is 2.81. The zero-order valence-corrected chi connectivity index (χ0v) is 12.9. The van der Waals surface area contributed by atoms with Crippen molar-refractivity contribution in [1.82, 2.24) is 14.9 Å². The smallest absolute Gasteiger partial charge is 0.0948 e. The van der Waals surface area contributed by atoms with Gasteiger partial charge in [-0.05, 0) is 32.1 Å². The highest BCUT2D eigenvalue weighted by molar-refractivity contribution is 8.00. The van der Waals surface area contributed by atoms with Crippen molar-refractivity contribution in [1.29, 1.82) is 0 Å². The van der Waals surface area contributed by atoms with Gasteiger partial charge in [0.1, 0.15) is 0 Å². The van der Waals surface area contributed by atoms with Crippen LogP contribution in [0.5, 0.6) is 0 Å². The van der Waals surface area contributed by atoms with E-state index in [1.165, 1.54) is 37.8 Å². The number of aromatic nitrogens is 2. The number of rotatable bonds is 4. The van der Waals surface area contributed by atoms with Gasteiger partial charge in [0, 0.05) is 35.1 Å². The highest BCUT2D eigenvalue weighted by atomic mass is 32.2. The van der Waals surface area contributed by atoms with Crippen LogP contribution in [0.3, 0.4) is 0 Å². The molecule has 1 aromatic heterocycles. The summed E-state index contributed by atoms with van der Waals surface area (Å²) in [6.45, 7) is 5.74. The predicted molar refractivity (Wildman–Crippen MR) is 81.8 cm³/mol. The normalized spacial score (nSPS) is 30.0. The molecule has 1 saturated heterocycles. The third kappa shape index (κ3) is 2.45. The Morgan fingerprint density at radius 2 is 2.16 bits per heavy atom. The molecule has 0 radical (unpaired) electrons. The molecule has 2 fully saturated rings. The first-order chi connectivity index (χ1) is 9.18. The summed E-state index contributed by atoms with van der Waals surface area (Å²) < 4.78 is 2.90. The number of hydrogen-bond acceptors (Lipinski definition) is 3. The Morgan fingerprint density at radius 3 is 2.79 bits per heavy atom. The van der Waals surface area contributed by atoms with Gasteiger partial charge in [-0.3, -0.25) is 0 Å². The minimum absolute atomic E-state index is 0.273. The molecule has 1 atom stereocenters. The topological polar surface area (TPSA) is 29.9 Å². The van der Waals surface area contributed by atoms with E-state index in [2.05, 4.69) is 52.3 Å². The maximum atomic E-state index is 4.45. The van der Waals surface area contributed by atoms with Gasteiger partial charge in [0.25, 0.3) is 0 Å². The van der Waals surface area contributed by atoms with Crippen LogP contribution in [0.25, 0.3) is 0 Å². The summed E-state index contributed by atoms with van der Waals surface area (Å²) in [6, 6.07) is 0. The fourth-order valence-corrected chi connectivity index (χ4v) is 4.71. The lowest BCUT2D eigenvalue weighted by Crippen LogP contribution is -2.32. The fourth-order valence-electron chi connectivity index (χ4n) is 3.74. The molecule has 106 valence electrons. The monoisotopic (exact) mass is 279 g/mol. The Balaban J connectivity index is 1.84. The quantitative estimate of drug-likeness (QED) is 0.919. The second-order valence-corrected chi connectivity index (χ2v) is 7.76. The van der Waals surface area contributed by atoms with Crippen LogP contribution in [-0.4, -0.2) is 33.6 Å². The summed E-state index contributed by atoms with van der Waals surface area (Å²) in [6.07, 6.45) is 13.2. The third-order valence-electron chi connectivity index (χ3n) is 5.11. The Morgan fingerprint density at radius 1 is 1.37 bits per heavy atom. The van der Waals surface area contributed by atoms with Crippen molar-refractivity contribution >= 4 is 11.8 Å². The first-order valence-corrected chi connectivity index (χ1v) is 8.67. The van der Waals surface area contributed by atoms with E-state index in [1.54, 1.807) is 0 Å². The molecule has 3 rings (SSSR count). The molecule has 1 aliphatic carbocycles. The lowest BCUT2D eigenvalue weighted by molar-refractivity contribution is 0.435. The number of nitrogens with one attached hydrogen (secondary N) is 1. The number of nitrogens with zero attached hydrogens (tertiary/aromatic N) is 2. The zero-order chi connectivity index (χ0) is 13.3. The Hall–Kier alpha value is -0.480. The maximum Gasteiger partial charge on any atom is 0.0948 e. The van der Waals surface area contributed by atoms with Crippen molar-refractivity contribution in [3.63, 3.8) is 0 Å². The molecule has 2 heterocycles. The third-order valence-corrected chi connectivity index (χ3v) is 6.51. The van der Waals surface area contributed by atoms with Gasteiger partial charge in [0.15, 0.2) is 0 Å². The largest absolute Gasteiger partial charge is 0.333 e. The number of hydrogen-bond donors (Lipinski definition) is 1. The summed E-state index contributed by atoms with van der Waals surface area (Å²) >= 11 is 2.06. The molecule has 0 amide bonds. The first kappa shape index (κ1) is 13.5. The second kappa shape index (κ2) is 5.13. The van der Waals surface area contributed by atoms with Gasteiger partial charge in [-0.1, -0.05) is 19.8 Å². The minimum atomic E-state index is 0.273. The molecular formula is C15H25N3S. The molecular weight excluding hydrogens is 254 g/mol. The average molecular weight is 279 g/mol. The molecule has 1 saturated carbocycles. The van der Waals surface area contributed by atoms with E-state index in [-0.39, 0.29) is 5.41 Å². The lowest BCUT2D eigenvalue weighted by atomic mass is 9.86. The summed E-state index contributed by atoms with van der Waals surface area (Å²) in [7, 11) is 0. The van der Waals surface area contributed by atoms with Crippen molar-refractivity contribution in [3.8, 4) is 0 Å². The Kier molecular flexibility index (Phi) is 3.65. The first-order valence-electron chi connectivity index (χ1n) is 7.44. The van der Waals surface area contributed by atoms with E-state index in [9.17, 15) is 0 Å². The van der Waals surface area contributed by atoms with Crippen LogP contribution in [0.1, 0.15) is 44.7 Å². The molecule has 0 bridgehead atoms. The summed E-state index contributed by atoms with van der Waals surface area (Å²) in [5.74, 6) is 0. The van der Waals surface area contributed by atoms with Crippen molar-refractivity contribution < 1.29 is 0 Å². The summed E-state index contributed by atoms with van der Waals surface area (Å²) in [5, 5.41) is 3.50. The van der Waals surface area contributed by atoms with Crippen LogP contribution < -0.4 is 5.32 Å². The summed E-state index contributed by atoms with van der Waals surface area (Å²) in [5.41, 5.74) is 1.70. The van der Waals surface area contributed by atoms with Crippen LogP contribution in [0, 0.1) is 0 Å². The SMILES string of the molecule is CSC1(Cn2cncc2C2(C)CCNC2)CCCC1. The minimum Gasteiger partial charge on any atom is -0.333 e. The number of imidazole rings is 1. The fraction of sp³-hybridized carbons (Fsp3) is 0.800. The van der Waals surface area contributed by atoms with Crippen LogP contribution >= 0.6 is 11.8 Å². The van der Waals surface area contributed by atoms with Gasteiger partial charge < -0.3 is 9.88 Å². The molecule has 1 N–H and O–H groups in total. The van der Waals surface area contributed by atoms with Gasteiger partial charge in [-0.2, -0.15) is 11.8 Å². The molecule has 1 unspecified atom stereocenters. The van der Waals surface area contributed by atoms with Gasteiger partial charge in [0.05, 0.1) is 6.33 Å². The molecule has 3 nitrogen and oxygen atoms in total. The van der Waals surface area contributed by atoms with E-state index >= 15 is 0 Å². The van der Waals surface area contributed by atoms with Crippen LogP contribution in [0.2, 0.25) is 0 Å². The maximum absolute atomic E-state index is 4.45. The zero-order valence-electron chi connectivity index (χ0n) is 12.1.